The summed E-state index contributed by atoms with van der Waals surface area (Å²) in [5.41, 5.74) is 2.96. The Morgan fingerprint density at radius 1 is 1.32 bits per heavy atom. The van der Waals surface area contributed by atoms with Crippen molar-refractivity contribution in [1.82, 2.24) is 10.2 Å². The van der Waals surface area contributed by atoms with E-state index >= 15 is 0 Å². The highest BCUT2D eigenvalue weighted by molar-refractivity contribution is 5.83. The van der Waals surface area contributed by atoms with E-state index in [0.717, 1.165) is 38.9 Å². The minimum atomic E-state index is 0.306. The molecule has 1 aliphatic carbocycles. The van der Waals surface area contributed by atoms with Crippen molar-refractivity contribution in [3.63, 3.8) is 0 Å². The lowest BCUT2D eigenvalue weighted by atomic mass is 9.91. The molecule has 1 amide bonds. The molecule has 118 valence electrons. The van der Waals surface area contributed by atoms with Gasteiger partial charge in [0.05, 0.1) is 6.04 Å². The Balaban J connectivity index is 1.51. The molecular formula is C19H26N2O. The second kappa shape index (κ2) is 5.38. The second-order valence-electron chi connectivity index (χ2n) is 7.47. The molecule has 1 N–H and O–H groups in total. The van der Waals surface area contributed by atoms with Crippen LogP contribution in [0.25, 0.3) is 0 Å². The molecule has 3 aliphatic rings. The van der Waals surface area contributed by atoms with Gasteiger partial charge in [-0.05, 0) is 63.1 Å². The van der Waals surface area contributed by atoms with E-state index in [9.17, 15) is 4.79 Å². The summed E-state index contributed by atoms with van der Waals surface area (Å²) in [6.07, 6.45) is 5.77. The lowest BCUT2D eigenvalue weighted by Crippen LogP contribution is -2.36. The van der Waals surface area contributed by atoms with Gasteiger partial charge < -0.3 is 10.2 Å². The summed E-state index contributed by atoms with van der Waals surface area (Å²) >= 11 is 0. The largest absolute Gasteiger partial charge is 0.335 e. The summed E-state index contributed by atoms with van der Waals surface area (Å²) < 4.78 is 0. The molecule has 0 radical (unpaired) electrons. The first-order chi connectivity index (χ1) is 10.7. The quantitative estimate of drug-likeness (QED) is 0.910. The molecule has 0 bridgehead atoms. The van der Waals surface area contributed by atoms with Crippen molar-refractivity contribution < 1.29 is 4.79 Å². The van der Waals surface area contributed by atoms with Crippen LogP contribution in [0.3, 0.4) is 0 Å². The molecule has 4 rings (SSSR count). The Hall–Kier alpha value is -1.35. The molecule has 22 heavy (non-hydrogen) atoms. The van der Waals surface area contributed by atoms with Gasteiger partial charge in [-0.25, -0.2) is 0 Å². The Bertz CT molecular complexity index is 577. The van der Waals surface area contributed by atoms with Gasteiger partial charge in [-0.3, -0.25) is 4.79 Å². The topological polar surface area (TPSA) is 32.3 Å². The number of benzene rings is 1. The highest BCUT2D eigenvalue weighted by Gasteiger charge is 2.59. The third-order valence-corrected chi connectivity index (χ3v) is 6.05. The van der Waals surface area contributed by atoms with Crippen molar-refractivity contribution in [2.75, 3.05) is 19.6 Å². The number of carbonyl (C=O) groups excluding carboxylic acids is 1. The van der Waals surface area contributed by atoms with E-state index in [-0.39, 0.29) is 0 Å². The SMILES string of the molecule is Cc1cccc(C2CCCN2C(=O)C2CC23CCNCC3)c1. The van der Waals surface area contributed by atoms with Gasteiger partial charge in [0.25, 0.3) is 0 Å². The Morgan fingerprint density at radius 3 is 2.91 bits per heavy atom. The van der Waals surface area contributed by atoms with Gasteiger partial charge in [0.15, 0.2) is 0 Å². The molecule has 2 saturated heterocycles. The fraction of sp³-hybridized carbons (Fsp3) is 0.632. The van der Waals surface area contributed by atoms with Crippen LogP contribution < -0.4 is 5.32 Å². The van der Waals surface area contributed by atoms with Crippen molar-refractivity contribution in [1.29, 1.82) is 0 Å². The van der Waals surface area contributed by atoms with Crippen LogP contribution >= 0.6 is 0 Å². The zero-order valence-electron chi connectivity index (χ0n) is 13.5. The predicted molar refractivity (Wildman–Crippen MR) is 87.5 cm³/mol. The molecule has 2 aliphatic heterocycles. The van der Waals surface area contributed by atoms with E-state index in [1.165, 1.54) is 24.0 Å². The average molecular weight is 298 g/mol. The third kappa shape index (κ3) is 2.36. The predicted octanol–water partition coefficient (Wildman–Crippen LogP) is 3.05. The fourth-order valence-corrected chi connectivity index (χ4v) is 4.63. The zero-order valence-corrected chi connectivity index (χ0v) is 13.5. The molecule has 1 aromatic carbocycles. The summed E-state index contributed by atoms with van der Waals surface area (Å²) in [5, 5.41) is 3.43. The Morgan fingerprint density at radius 2 is 2.14 bits per heavy atom. The summed E-state index contributed by atoms with van der Waals surface area (Å²) in [6, 6.07) is 9.01. The zero-order chi connectivity index (χ0) is 15.2. The van der Waals surface area contributed by atoms with E-state index in [2.05, 4.69) is 41.4 Å². The first-order valence-electron chi connectivity index (χ1n) is 8.77. The van der Waals surface area contributed by atoms with Gasteiger partial charge in [0.1, 0.15) is 0 Å². The first kappa shape index (κ1) is 14.3. The standard InChI is InChI=1S/C19H26N2O/c1-14-4-2-5-15(12-14)17-6-3-11-21(17)18(22)16-13-19(16)7-9-20-10-8-19/h2,4-5,12,16-17,20H,3,6-11,13H2,1H3. The third-order valence-electron chi connectivity index (χ3n) is 6.05. The van der Waals surface area contributed by atoms with E-state index in [4.69, 9.17) is 0 Å². The van der Waals surface area contributed by atoms with Crippen LogP contribution in [0.15, 0.2) is 24.3 Å². The minimum absolute atomic E-state index is 0.306. The lowest BCUT2D eigenvalue weighted by molar-refractivity contribution is -0.134. The molecule has 3 heteroatoms. The summed E-state index contributed by atoms with van der Waals surface area (Å²) in [7, 11) is 0. The maximum atomic E-state index is 13.1. The molecule has 3 nitrogen and oxygen atoms in total. The van der Waals surface area contributed by atoms with Crippen molar-refractivity contribution in [2.24, 2.45) is 11.3 Å². The number of piperidine rings is 1. The summed E-state index contributed by atoms with van der Waals surface area (Å²) in [5.74, 6) is 0.742. The number of aryl methyl sites for hydroxylation is 1. The van der Waals surface area contributed by atoms with E-state index in [1.807, 2.05) is 0 Å². The highest BCUT2D eigenvalue weighted by atomic mass is 16.2. The van der Waals surface area contributed by atoms with Gasteiger partial charge in [-0.15, -0.1) is 0 Å². The fourth-order valence-electron chi connectivity index (χ4n) is 4.63. The monoisotopic (exact) mass is 298 g/mol. The molecule has 2 heterocycles. The minimum Gasteiger partial charge on any atom is -0.335 e. The van der Waals surface area contributed by atoms with E-state index in [0.29, 0.717) is 23.3 Å². The molecule has 3 fully saturated rings. The number of nitrogens with one attached hydrogen (secondary N) is 1. The van der Waals surface area contributed by atoms with Gasteiger partial charge >= 0.3 is 0 Å². The molecule has 1 aromatic rings. The van der Waals surface area contributed by atoms with Crippen molar-refractivity contribution in [3.8, 4) is 0 Å². The smallest absolute Gasteiger partial charge is 0.226 e. The molecule has 2 unspecified atom stereocenters. The number of rotatable bonds is 2. The van der Waals surface area contributed by atoms with Crippen LogP contribution in [-0.4, -0.2) is 30.4 Å². The number of carbonyl (C=O) groups is 1. The molecule has 0 aromatic heterocycles. The van der Waals surface area contributed by atoms with Crippen molar-refractivity contribution in [3.05, 3.63) is 35.4 Å². The maximum absolute atomic E-state index is 13.1. The van der Waals surface area contributed by atoms with Gasteiger partial charge in [-0.2, -0.15) is 0 Å². The number of hydrogen-bond acceptors (Lipinski definition) is 2. The van der Waals surface area contributed by atoms with Gasteiger partial charge in [0, 0.05) is 12.5 Å². The van der Waals surface area contributed by atoms with Crippen LogP contribution in [0.1, 0.15) is 49.3 Å². The second-order valence-corrected chi connectivity index (χ2v) is 7.47. The molecule has 2 atom stereocenters. The number of nitrogens with zero attached hydrogens (tertiary/aromatic N) is 1. The first-order valence-corrected chi connectivity index (χ1v) is 8.77. The van der Waals surface area contributed by atoms with E-state index < -0.39 is 0 Å². The van der Waals surface area contributed by atoms with Crippen molar-refractivity contribution >= 4 is 5.91 Å². The van der Waals surface area contributed by atoms with Crippen LogP contribution in [0, 0.1) is 18.3 Å². The van der Waals surface area contributed by atoms with E-state index in [1.54, 1.807) is 0 Å². The molecule has 1 saturated carbocycles. The lowest BCUT2D eigenvalue weighted by Gasteiger charge is -2.28. The van der Waals surface area contributed by atoms with Crippen LogP contribution in [0.5, 0.6) is 0 Å². The van der Waals surface area contributed by atoms with Crippen LogP contribution in [0.2, 0.25) is 0 Å². The normalized spacial score (nSPS) is 29.8. The summed E-state index contributed by atoms with van der Waals surface area (Å²) in [6.45, 7) is 5.26. The van der Waals surface area contributed by atoms with Gasteiger partial charge in [-0.1, -0.05) is 29.8 Å². The number of likely N-dealkylation sites (tertiary alicyclic amines) is 1. The van der Waals surface area contributed by atoms with Crippen LogP contribution in [0.4, 0.5) is 0 Å². The number of hydrogen-bond donors (Lipinski definition) is 1. The van der Waals surface area contributed by atoms with Crippen molar-refractivity contribution in [2.45, 2.75) is 45.1 Å². The molecular weight excluding hydrogens is 272 g/mol. The van der Waals surface area contributed by atoms with Gasteiger partial charge in [0.2, 0.25) is 5.91 Å². The highest BCUT2D eigenvalue weighted by Crippen LogP contribution is 2.59. The summed E-state index contributed by atoms with van der Waals surface area (Å²) in [4.78, 5) is 15.2. The Kier molecular flexibility index (Phi) is 3.48. The van der Waals surface area contributed by atoms with Crippen LogP contribution in [-0.2, 0) is 4.79 Å². The maximum Gasteiger partial charge on any atom is 0.226 e. The average Bonchev–Trinajstić information content (AvgIpc) is 2.99. The number of amides is 1. The Labute approximate surface area is 133 Å². The molecule has 1 spiro atoms.